The van der Waals surface area contributed by atoms with Gasteiger partial charge in [0.1, 0.15) is 17.6 Å². The molecule has 29 heavy (non-hydrogen) atoms. The van der Waals surface area contributed by atoms with E-state index < -0.39 is 5.82 Å². The van der Waals surface area contributed by atoms with Gasteiger partial charge in [-0.2, -0.15) is 5.26 Å². The number of rotatable bonds is 4. The second kappa shape index (κ2) is 8.29. The number of imidazole rings is 1. The lowest BCUT2D eigenvalue weighted by Gasteiger charge is -2.32. The molecule has 0 radical (unpaired) electrons. The molecule has 1 saturated carbocycles. The van der Waals surface area contributed by atoms with Gasteiger partial charge in [-0.25, -0.2) is 14.4 Å². The lowest BCUT2D eigenvalue weighted by atomic mass is 9.81. The predicted molar refractivity (Wildman–Crippen MR) is 101 cm³/mol. The Morgan fingerprint density at radius 2 is 2.10 bits per heavy atom. The molecule has 4 rings (SSSR count). The topological polar surface area (TPSA) is 84.0 Å². The van der Waals surface area contributed by atoms with Crippen molar-refractivity contribution in [3.8, 4) is 6.07 Å². The second-order valence-corrected chi connectivity index (χ2v) is 7.90. The first-order valence-electron chi connectivity index (χ1n) is 10.0. The van der Waals surface area contributed by atoms with E-state index in [2.05, 4.69) is 16.0 Å². The summed E-state index contributed by atoms with van der Waals surface area (Å²) in [5.41, 5.74) is 2.03. The van der Waals surface area contributed by atoms with E-state index in [1.165, 1.54) is 11.1 Å². The summed E-state index contributed by atoms with van der Waals surface area (Å²) >= 11 is 0. The van der Waals surface area contributed by atoms with Crippen LogP contribution in [0.4, 0.5) is 4.39 Å². The summed E-state index contributed by atoms with van der Waals surface area (Å²) in [7, 11) is 0. The van der Waals surface area contributed by atoms with Crippen LogP contribution in [-0.4, -0.2) is 32.1 Å². The van der Waals surface area contributed by atoms with E-state index in [0.717, 1.165) is 44.1 Å². The first kappa shape index (κ1) is 19.5. The Labute approximate surface area is 169 Å². The van der Waals surface area contributed by atoms with Gasteiger partial charge in [0.15, 0.2) is 0 Å². The van der Waals surface area contributed by atoms with Gasteiger partial charge >= 0.3 is 0 Å². The Kier molecular flexibility index (Phi) is 5.58. The maximum atomic E-state index is 13.5. The number of aryl methyl sites for hydroxylation is 1. The van der Waals surface area contributed by atoms with Gasteiger partial charge < -0.3 is 4.57 Å². The van der Waals surface area contributed by atoms with E-state index in [0.29, 0.717) is 30.2 Å². The van der Waals surface area contributed by atoms with Crippen molar-refractivity contribution >= 4 is 5.91 Å². The molecular weight excluding hydrogens is 373 g/mol. The van der Waals surface area contributed by atoms with Gasteiger partial charge in [-0.1, -0.05) is 0 Å². The second-order valence-electron chi connectivity index (χ2n) is 7.90. The van der Waals surface area contributed by atoms with Crippen LogP contribution in [-0.2, 0) is 16.2 Å². The molecule has 0 unspecified atom stereocenters. The molecular formula is C21H24FN5O2. The molecule has 2 aliphatic rings. The van der Waals surface area contributed by atoms with Crippen LogP contribution in [0.15, 0.2) is 24.8 Å². The van der Waals surface area contributed by atoms with Crippen molar-refractivity contribution in [2.24, 2.45) is 11.8 Å². The lowest BCUT2D eigenvalue weighted by Crippen LogP contribution is -2.37. The molecule has 0 aromatic carbocycles. The number of carbonyl (C=O) groups is 1. The highest BCUT2D eigenvalue weighted by atomic mass is 19.1. The molecule has 0 N–H and O–H groups in total. The Bertz CT molecular complexity index is 929. The largest absolute Gasteiger partial charge is 0.322 e. The average molecular weight is 397 g/mol. The monoisotopic (exact) mass is 397 g/mol. The highest BCUT2D eigenvalue weighted by Gasteiger charge is 2.37. The van der Waals surface area contributed by atoms with Crippen molar-refractivity contribution in [1.29, 1.82) is 5.26 Å². The van der Waals surface area contributed by atoms with Crippen LogP contribution >= 0.6 is 0 Å². The van der Waals surface area contributed by atoms with Crippen molar-refractivity contribution in [3.05, 3.63) is 47.6 Å². The SMILES string of the molecule is Cc1ncn(C[C@H]2CC[C@H](C(=O)N3OCC[C@H]3c3cncc(F)c3)CC2)c1C#N. The van der Waals surface area contributed by atoms with E-state index >= 15 is 0 Å². The fourth-order valence-electron chi connectivity index (χ4n) is 4.42. The van der Waals surface area contributed by atoms with Crippen LogP contribution in [0.25, 0.3) is 0 Å². The predicted octanol–water partition coefficient (Wildman–Crippen LogP) is 3.31. The Balaban J connectivity index is 1.37. The van der Waals surface area contributed by atoms with Crippen LogP contribution in [0, 0.1) is 35.9 Å². The zero-order valence-corrected chi connectivity index (χ0v) is 16.4. The number of hydrogen-bond acceptors (Lipinski definition) is 5. The summed E-state index contributed by atoms with van der Waals surface area (Å²) in [4.78, 5) is 26.8. The van der Waals surface area contributed by atoms with Crippen LogP contribution in [0.3, 0.4) is 0 Å². The van der Waals surface area contributed by atoms with Crippen LogP contribution in [0.2, 0.25) is 0 Å². The fraction of sp³-hybridized carbons (Fsp3) is 0.524. The lowest BCUT2D eigenvalue weighted by molar-refractivity contribution is -0.183. The highest BCUT2D eigenvalue weighted by molar-refractivity contribution is 5.78. The van der Waals surface area contributed by atoms with Crippen molar-refractivity contribution < 1.29 is 14.0 Å². The number of hydrogen-bond donors (Lipinski definition) is 0. The van der Waals surface area contributed by atoms with Crippen LogP contribution in [0.5, 0.6) is 0 Å². The summed E-state index contributed by atoms with van der Waals surface area (Å²) < 4.78 is 15.5. The molecule has 7 nitrogen and oxygen atoms in total. The minimum absolute atomic E-state index is 0.0219. The molecule has 2 aromatic heterocycles. The molecule has 3 heterocycles. The number of halogens is 1. The minimum atomic E-state index is -0.409. The molecule has 2 fully saturated rings. The van der Waals surface area contributed by atoms with E-state index in [4.69, 9.17) is 4.84 Å². The third-order valence-electron chi connectivity index (χ3n) is 6.01. The van der Waals surface area contributed by atoms with E-state index in [1.54, 1.807) is 12.5 Å². The molecule has 1 aliphatic heterocycles. The summed E-state index contributed by atoms with van der Waals surface area (Å²) in [5.74, 6) is -0.101. The van der Waals surface area contributed by atoms with E-state index in [1.807, 2.05) is 11.5 Å². The third kappa shape index (κ3) is 4.01. The zero-order chi connectivity index (χ0) is 20.4. The summed E-state index contributed by atoms with van der Waals surface area (Å²) in [6.07, 6.45) is 8.52. The first-order chi connectivity index (χ1) is 14.1. The minimum Gasteiger partial charge on any atom is -0.322 e. The summed E-state index contributed by atoms with van der Waals surface area (Å²) in [5, 5.41) is 10.7. The molecule has 1 aliphatic carbocycles. The van der Waals surface area contributed by atoms with E-state index in [9.17, 15) is 14.4 Å². The van der Waals surface area contributed by atoms with Gasteiger partial charge in [0, 0.05) is 25.1 Å². The number of amides is 1. The first-order valence-corrected chi connectivity index (χ1v) is 10.0. The molecule has 1 amide bonds. The number of hydroxylamine groups is 2. The Morgan fingerprint density at radius 3 is 2.83 bits per heavy atom. The molecule has 0 spiro atoms. The normalized spacial score (nSPS) is 24.4. The average Bonchev–Trinajstić information content (AvgIpc) is 3.35. The number of nitriles is 1. The molecule has 1 saturated heterocycles. The van der Waals surface area contributed by atoms with Gasteiger partial charge in [0.2, 0.25) is 5.91 Å². The summed E-state index contributed by atoms with van der Waals surface area (Å²) in [6, 6.07) is 3.35. The van der Waals surface area contributed by atoms with Crippen molar-refractivity contribution in [1.82, 2.24) is 19.6 Å². The van der Waals surface area contributed by atoms with E-state index in [-0.39, 0.29) is 17.9 Å². The molecule has 2 aromatic rings. The maximum Gasteiger partial charge on any atom is 0.249 e. The van der Waals surface area contributed by atoms with Gasteiger partial charge in [0.05, 0.1) is 30.9 Å². The van der Waals surface area contributed by atoms with Crippen LogP contribution in [0.1, 0.15) is 55.1 Å². The standard InChI is InChI=1S/C21H24FN5O2/c1-14-20(9-23)26(13-25-14)12-15-2-4-16(5-3-15)21(28)27-19(6-7-29-27)17-8-18(22)11-24-10-17/h8,10-11,13,15-16,19H,2-7,12H2,1H3/t15-,16-,19-/m0/s1. The third-order valence-corrected chi connectivity index (χ3v) is 6.01. The smallest absolute Gasteiger partial charge is 0.249 e. The Morgan fingerprint density at radius 1 is 1.31 bits per heavy atom. The number of carbonyl (C=O) groups excluding carboxylic acids is 1. The number of pyridine rings is 1. The number of aromatic nitrogens is 3. The molecule has 1 atom stereocenters. The quantitative estimate of drug-likeness (QED) is 0.790. The van der Waals surface area contributed by atoms with Crippen molar-refractivity contribution in [2.45, 2.75) is 51.6 Å². The number of nitrogens with zero attached hydrogens (tertiary/aromatic N) is 5. The Hall–Kier alpha value is -2.79. The fourth-order valence-corrected chi connectivity index (χ4v) is 4.42. The van der Waals surface area contributed by atoms with Gasteiger partial charge in [0.25, 0.3) is 0 Å². The maximum absolute atomic E-state index is 13.5. The van der Waals surface area contributed by atoms with Crippen molar-refractivity contribution in [3.63, 3.8) is 0 Å². The van der Waals surface area contributed by atoms with Crippen molar-refractivity contribution in [2.75, 3.05) is 6.61 Å². The van der Waals surface area contributed by atoms with Gasteiger partial charge in [-0.3, -0.25) is 14.6 Å². The van der Waals surface area contributed by atoms with Crippen LogP contribution < -0.4 is 0 Å². The summed E-state index contributed by atoms with van der Waals surface area (Å²) in [6.45, 7) is 3.03. The highest BCUT2D eigenvalue weighted by Crippen LogP contribution is 2.36. The van der Waals surface area contributed by atoms with Gasteiger partial charge in [-0.05, 0) is 50.2 Å². The molecule has 0 bridgehead atoms. The molecule has 8 heteroatoms. The van der Waals surface area contributed by atoms with Gasteiger partial charge in [-0.15, -0.1) is 0 Å². The molecule has 152 valence electrons. The zero-order valence-electron chi connectivity index (χ0n) is 16.4.